The number of alkyl halides is 3. The van der Waals surface area contributed by atoms with Crippen LogP contribution in [0.2, 0.25) is 0 Å². The average molecular weight is 878 g/mol. The van der Waals surface area contributed by atoms with Gasteiger partial charge in [-0.05, 0) is 124 Å². The van der Waals surface area contributed by atoms with Gasteiger partial charge in [0.2, 0.25) is 0 Å². The molecule has 4 aromatic rings. The normalized spacial score (nSPS) is 28.8. The van der Waals surface area contributed by atoms with Crippen LogP contribution >= 0.6 is 0 Å². The molecule has 6 atom stereocenters. The van der Waals surface area contributed by atoms with Crippen molar-refractivity contribution in [2.24, 2.45) is 16.2 Å². The molecule has 6 unspecified atom stereocenters. The molecule has 64 heavy (non-hydrogen) atoms. The van der Waals surface area contributed by atoms with Gasteiger partial charge in [0.15, 0.2) is 11.4 Å². The highest BCUT2D eigenvalue weighted by Gasteiger charge is 2.76. The summed E-state index contributed by atoms with van der Waals surface area (Å²) in [6.45, 7) is 9.39. The quantitative estimate of drug-likeness (QED) is 0.0978. The van der Waals surface area contributed by atoms with E-state index in [1.54, 1.807) is 0 Å². The molecular weight excluding hydrogens is 820 g/mol. The minimum Gasteiger partial charge on any atom is -0.448 e. The zero-order valence-electron chi connectivity index (χ0n) is 37.3. The Labute approximate surface area is 373 Å². The molecule has 1 aliphatic heterocycles. The molecule has 1 amide bonds. The smallest absolute Gasteiger partial charge is 0.448 e. The van der Waals surface area contributed by atoms with Crippen LogP contribution in [0.15, 0.2) is 109 Å². The van der Waals surface area contributed by atoms with Crippen molar-refractivity contribution in [2.45, 2.75) is 129 Å². The average Bonchev–Trinajstić information content (AvgIpc) is 3.69. The first-order valence-corrected chi connectivity index (χ1v) is 22.5. The molecule has 0 spiro atoms. The maximum absolute atomic E-state index is 15.3. The summed E-state index contributed by atoms with van der Waals surface area (Å²) in [5.41, 5.74) is 0.436. The molecule has 5 aliphatic rings. The first-order chi connectivity index (χ1) is 30.2. The van der Waals surface area contributed by atoms with Crippen LogP contribution in [0.3, 0.4) is 0 Å². The zero-order chi connectivity index (χ0) is 45.9. The molecule has 2 saturated carbocycles. The minimum absolute atomic E-state index is 0.0843. The number of amides is 1. The molecule has 2 N–H and O–H groups in total. The van der Waals surface area contributed by atoms with Crippen molar-refractivity contribution in [3.05, 3.63) is 137 Å². The van der Waals surface area contributed by atoms with Crippen LogP contribution in [0.5, 0.6) is 5.75 Å². The summed E-state index contributed by atoms with van der Waals surface area (Å²) in [5, 5.41) is 24.5. The van der Waals surface area contributed by atoms with E-state index in [4.69, 9.17) is 4.74 Å². The summed E-state index contributed by atoms with van der Waals surface area (Å²) in [4.78, 5) is 45.2. The topological polar surface area (TPSA) is 113 Å². The van der Waals surface area contributed by atoms with E-state index in [2.05, 4.69) is 10.8 Å². The third-order valence-electron chi connectivity index (χ3n) is 15.9. The molecule has 0 aromatic heterocycles. The lowest BCUT2D eigenvalue weighted by molar-refractivity contribution is -0.274. The fourth-order valence-corrected chi connectivity index (χ4v) is 11.3. The number of ketones is 1. The number of rotatable bonds is 9. The van der Waals surface area contributed by atoms with Crippen molar-refractivity contribution in [3.63, 3.8) is 0 Å². The molecule has 9 rings (SSSR count). The van der Waals surface area contributed by atoms with Crippen molar-refractivity contribution in [2.75, 3.05) is 6.54 Å². The first kappa shape index (κ1) is 45.3. The lowest BCUT2D eigenvalue weighted by Gasteiger charge is -2.47. The molecule has 4 aromatic carbocycles. The third-order valence-corrected chi connectivity index (χ3v) is 15.9. The number of carbonyl (C=O) groups excluding carboxylic acids is 3. The van der Waals surface area contributed by atoms with Crippen LogP contribution in [0.1, 0.15) is 125 Å². The number of carbonyl (C=O) groups is 3. The molecule has 11 heteroatoms. The summed E-state index contributed by atoms with van der Waals surface area (Å²) in [7, 11) is 0. The van der Waals surface area contributed by atoms with Crippen LogP contribution in [0.25, 0.3) is 11.1 Å². The Morgan fingerprint density at radius 3 is 2.19 bits per heavy atom. The predicted molar refractivity (Wildman–Crippen MR) is 237 cm³/mol. The van der Waals surface area contributed by atoms with Crippen molar-refractivity contribution >= 4 is 17.7 Å². The number of hydrogen-bond acceptors (Lipinski definition) is 7. The second-order valence-electron chi connectivity index (χ2n) is 19.7. The minimum atomic E-state index is -4.88. The second-order valence-corrected chi connectivity index (χ2v) is 19.7. The number of hydrogen-bond donors (Lipinski definition) is 2. The van der Waals surface area contributed by atoms with Crippen LogP contribution in [0, 0.1) is 16.2 Å². The van der Waals surface area contributed by atoms with Gasteiger partial charge >= 0.3 is 12.3 Å². The second kappa shape index (κ2) is 16.6. The lowest BCUT2D eigenvalue weighted by Crippen LogP contribution is -2.60. The summed E-state index contributed by atoms with van der Waals surface area (Å²) >= 11 is 0. The zero-order valence-corrected chi connectivity index (χ0v) is 37.3. The molecule has 0 radical (unpaired) electrons. The number of benzene rings is 4. The molecule has 1 saturated heterocycles. The molecule has 338 valence electrons. The van der Waals surface area contributed by atoms with Gasteiger partial charge < -0.3 is 24.6 Å². The van der Waals surface area contributed by atoms with Crippen LogP contribution in [0.4, 0.5) is 13.2 Å². The first-order valence-electron chi connectivity index (χ1n) is 22.5. The van der Waals surface area contributed by atoms with E-state index in [1.165, 1.54) is 29.2 Å². The Morgan fingerprint density at radius 1 is 0.859 bits per heavy atom. The van der Waals surface area contributed by atoms with Crippen molar-refractivity contribution in [3.8, 4) is 16.9 Å². The fraction of sp³-hybridized carbons (Fsp3) is 0.453. The van der Waals surface area contributed by atoms with E-state index in [9.17, 15) is 33.0 Å². The Balaban J connectivity index is 1.20. The van der Waals surface area contributed by atoms with Gasteiger partial charge in [0.25, 0.3) is 5.91 Å². The van der Waals surface area contributed by atoms with Crippen LogP contribution in [-0.4, -0.2) is 63.0 Å². The number of aliphatic hydroxyl groups excluding tert-OH is 1. The van der Waals surface area contributed by atoms with Gasteiger partial charge in [-0.3, -0.25) is 14.4 Å². The molecule has 3 fully saturated rings. The highest BCUT2D eigenvalue weighted by atomic mass is 19.4. The largest absolute Gasteiger partial charge is 0.573 e. The van der Waals surface area contributed by atoms with Gasteiger partial charge in [0.1, 0.15) is 5.75 Å². The van der Waals surface area contributed by atoms with E-state index < -0.39 is 57.5 Å². The monoisotopic (exact) mass is 877 g/mol. The highest BCUT2D eigenvalue weighted by molar-refractivity contribution is 6.10. The standard InChI is InChI=1S/C53H58F3NO7/c1-34-10-9-26-49(4)44(42-24-16-36(30-40(58)21-13-34)31-43(42)45(59)39-19-17-38(18-20-39)37-11-7-6-8-12-37)25-27-51(49,62)33-57(32-35-14-22-41(23-15-35)63-53(54,55)56)46(60)52-29-28-50(5,47(61)64-52)48(52,2)3/h6-8,10-12,14-20,22-24,31,40,44,58,62H,9,13,21,25-30,32-33H2,1-5H3. The van der Waals surface area contributed by atoms with E-state index in [0.717, 1.165) is 27.8 Å². The Hall–Kier alpha value is -5.26. The number of esters is 1. The van der Waals surface area contributed by atoms with Crippen LogP contribution < -0.4 is 4.74 Å². The van der Waals surface area contributed by atoms with E-state index >= 15 is 4.79 Å². The van der Waals surface area contributed by atoms with E-state index in [1.807, 2.05) is 107 Å². The van der Waals surface area contributed by atoms with Gasteiger partial charge in [-0.1, -0.05) is 111 Å². The van der Waals surface area contributed by atoms with Gasteiger partial charge in [0, 0.05) is 28.5 Å². The summed E-state index contributed by atoms with van der Waals surface area (Å²) in [6.07, 6.45) is 0.805. The van der Waals surface area contributed by atoms with Crippen molar-refractivity contribution in [1.82, 2.24) is 4.90 Å². The third kappa shape index (κ3) is 7.97. The maximum atomic E-state index is 15.3. The number of nitrogens with zero attached hydrogens (tertiary/aromatic N) is 1. The van der Waals surface area contributed by atoms with Gasteiger partial charge in [-0.2, -0.15) is 0 Å². The Morgan fingerprint density at radius 2 is 1.55 bits per heavy atom. The molecular formula is C53H58F3NO7. The van der Waals surface area contributed by atoms with Crippen LogP contribution in [-0.2, 0) is 27.3 Å². The summed E-state index contributed by atoms with van der Waals surface area (Å²) < 4.78 is 49.6. The molecule has 4 bridgehead atoms. The fourth-order valence-electron chi connectivity index (χ4n) is 11.3. The number of fused-ring (bicyclic) bond motifs is 10. The molecule has 8 nitrogen and oxygen atoms in total. The number of ether oxygens (including phenoxy) is 2. The number of halogens is 3. The van der Waals surface area contributed by atoms with Crippen molar-refractivity contribution in [1.29, 1.82) is 0 Å². The Bertz CT molecular complexity index is 2450. The number of aliphatic hydroxyl groups is 2. The maximum Gasteiger partial charge on any atom is 0.573 e. The van der Waals surface area contributed by atoms with Gasteiger partial charge in [-0.25, -0.2) is 0 Å². The van der Waals surface area contributed by atoms with Crippen molar-refractivity contribution < 1.29 is 47.2 Å². The highest BCUT2D eigenvalue weighted by Crippen LogP contribution is 2.66. The van der Waals surface area contributed by atoms with E-state index in [-0.39, 0.29) is 37.6 Å². The lowest BCUT2D eigenvalue weighted by atomic mass is 9.64. The molecule has 1 heterocycles. The summed E-state index contributed by atoms with van der Waals surface area (Å²) in [5.74, 6) is -1.84. The summed E-state index contributed by atoms with van der Waals surface area (Å²) in [6, 6.07) is 28.6. The van der Waals surface area contributed by atoms with E-state index in [0.29, 0.717) is 61.6 Å². The predicted octanol–water partition coefficient (Wildman–Crippen LogP) is 10.7. The number of allylic oxidation sites excluding steroid dienone is 2. The SMILES string of the molecule is CC1=CCCC2(C)C(CCC2(O)CN(Cc2ccc(OC(F)(F)F)cc2)C(=O)C23CCC(C)(C(=O)O2)C3(C)C)c2ccc(cc2C(=O)c2ccc(-c3ccccc3)cc2)CC(O)CC1. The van der Waals surface area contributed by atoms with Gasteiger partial charge in [0.05, 0.1) is 23.7 Å². The Kier molecular flexibility index (Phi) is 11.8. The van der Waals surface area contributed by atoms with Gasteiger partial charge in [-0.15, -0.1) is 13.2 Å². The molecule has 4 aliphatic carbocycles.